The predicted molar refractivity (Wildman–Crippen MR) is 86.2 cm³/mol. The molecule has 4 nitrogen and oxygen atoms in total. The van der Waals surface area contributed by atoms with Crippen LogP contribution in [0.25, 0.3) is 0 Å². The van der Waals surface area contributed by atoms with Gasteiger partial charge in [0.05, 0.1) is 6.54 Å². The van der Waals surface area contributed by atoms with E-state index in [1.165, 1.54) is 38.6 Å². The van der Waals surface area contributed by atoms with E-state index in [1.807, 2.05) is 12.3 Å². The van der Waals surface area contributed by atoms with Crippen molar-refractivity contribution in [3.63, 3.8) is 0 Å². The Kier molecular flexibility index (Phi) is 4.65. The Morgan fingerprint density at radius 2 is 2.05 bits per heavy atom. The molecule has 2 heterocycles. The lowest BCUT2D eigenvalue weighted by Gasteiger charge is -2.51. The molecular formula is C17H30N4. The Labute approximate surface area is 128 Å². The fourth-order valence-corrected chi connectivity index (χ4v) is 4.14. The summed E-state index contributed by atoms with van der Waals surface area (Å²) in [7, 11) is 0. The van der Waals surface area contributed by atoms with Crippen LogP contribution in [0.15, 0.2) is 18.5 Å². The highest BCUT2D eigenvalue weighted by Gasteiger charge is 2.40. The van der Waals surface area contributed by atoms with E-state index < -0.39 is 0 Å². The number of piperazine rings is 1. The minimum Gasteiger partial charge on any atom is -0.308 e. The molecule has 0 radical (unpaired) electrons. The first-order chi connectivity index (χ1) is 10.2. The molecule has 1 aliphatic carbocycles. The van der Waals surface area contributed by atoms with E-state index in [0.717, 1.165) is 19.6 Å². The number of nitrogens with zero attached hydrogens (tertiary/aromatic N) is 3. The number of rotatable bonds is 4. The molecule has 0 amide bonds. The van der Waals surface area contributed by atoms with Crippen molar-refractivity contribution in [1.29, 1.82) is 0 Å². The molecule has 2 aliphatic rings. The molecule has 3 rings (SSSR count). The van der Waals surface area contributed by atoms with Crippen LogP contribution in [-0.4, -0.2) is 45.9 Å². The molecule has 118 valence electrons. The fraction of sp³-hybridized carbons (Fsp3) is 0.824. The highest BCUT2D eigenvalue weighted by atomic mass is 15.3. The summed E-state index contributed by atoms with van der Waals surface area (Å²) in [5.41, 5.74) is 0.397. The zero-order chi connectivity index (χ0) is 14.7. The first-order valence-electron chi connectivity index (χ1n) is 8.65. The topological polar surface area (TPSA) is 33.1 Å². The van der Waals surface area contributed by atoms with E-state index in [-0.39, 0.29) is 0 Å². The Hall–Kier alpha value is -0.870. The highest BCUT2D eigenvalue weighted by Crippen LogP contribution is 2.32. The molecule has 1 unspecified atom stereocenters. The summed E-state index contributed by atoms with van der Waals surface area (Å²) < 4.78 is 2.06. The third kappa shape index (κ3) is 3.49. The van der Waals surface area contributed by atoms with Crippen LogP contribution < -0.4 is 5.32 Å². The minimum absolute atomic E-state index is 0.397. The summed E-state index contributed by atoms with van der Waals surface area (Å²) in [6, 6.07) is 2.67. The van der Waals surface area contributed by atoms with Gasteiger partial charge in [-0.25, -0.2) is 0 Å². The van der Waals surface area contributed by atoms with E-state index in [9.17, 15) is 0 Å². The van der Waals surface area contributed by atoms with Crippen molar-refractivity contribution in [1.82, 2.24) is 20.0 Å². The molecule has 0 bridgehead atoms. The third-order valence-corrected chi connectivity index (χ3v) is 5.42. The maximum Gasteiger partial charge on any atom is 0.0536 e. The monoisotopic (exact) mass is 290 g/mol. The molecule has 21 heavy (non-hydrogen) atoms. The zero-order valence-corrected chi connectivity index (χ0v) is 13.6. The van der Waals surface area contributed by atoms with Gasteiger partial charge in [0.1, 0.15) is 0 Å². The van der Waals surface area contributed by atoms with Crippen LogP contribution in [0.5, 0.6) is 0 Å². The Balaban J connectivity index is 1.65. The quantitative estimate of drug-likeness (QED) is 0.925. The van der Waals surface area contributed by atoms with Gasteiger partial charge in [0.15, 0.2) is 0 Å². The second-order valence-corrected chi connectivity index (χ2v) is 7.27. The Bertz CT molecular complexity index is 420. The summed E-state index contributed by atoms with van der Waals surface area (Å²) in [6.07, 6.45) is 10.9. The second-order valence-electron chi connectivity index (χ2n) is 7.27. The van der Waals surface area contributed by atoms with Crippen molar-refractivity contribution in [3.05, 3.63) is 18.5 Å². The number of aromatic nitrogens is 2. The van der Waals surface area contributed by atoms with Crippen molar-refractivity contribution >= 4 is 0 Å². The van der Waals surface area contributed by atoms with Gasteiger partial charge < -0.3 is 5.32 Å². The average Bonchev–Trinajstić information content (AvgIpc) is 2.99. The van der Waals surface area contributed by atoms with E-state index in [1.54, 1.807) is 0 Å². The molecule has 4 heteroatoms. The molecule has 2 fully saturated rings. The van der Waals surface area contributed by atoms with E-state index in [2.05, 4.69) is 40.0 Å². The summed E-state index contributed by atoms with van der Waals surface area (Å²) in [4.78, 5) is 2.73. The summed E-state index contributed by atoms with van der Waals surface area (Å²) in [5.74, 6) is 0.705. The molecule has 1 aromatic heterocycles. The maximum absolute atomic E-state index is 4.35. The van der Waals surface area contributed by atoms with Crippen LogP contribution in [0, 0.1) is 5.92 Å². The number of hydrogen-bond donors (Lipinski definition) is 1. The Morgan fingerprint density at radius 1 is 1.24 bits per heavy atom. The molecule has 1 atom stereocenters. The van der Waals surface area contributed by atoms with Gasteiger partial charge in [-0.2, -0.15) is 5.10 Å². The molecule has 1 aliphatic heterocycles. The maximum atomic E-state index is 4.35. The molecule has 1 saturated heterocycles. The lowest BCUT2D eigenvalue weighted by molar-refractivity contribution is 0.0336. The lowest BCUT2D eigenvalue weighted by Crippen LogP contribution is -2.66. The van der Waals surface area contributed by atoms with Crippen LogP contribution in [0.2, 0.25) is 0 Å². The van der Waals surface area contributed by atoms with Gasteiger partial charge >= 0.3 is 0 Å². The first-order valence-corrected chi connectivity index (χ1v) is 8.65. The van der Waals surface area contributed by atoms with Crippen LogP contribution in [0.1, 0.15) is 46.0 Å². The predicted octanol–water partition coefficient (Wildman–Crippen LogP) is 2.52. The Morgan fingerprint density at radius 3 is 2.71 bits per heavy atom. The van der Waals surface area contributed by atoms with Crippen LogP contribution in [0.3, 0.4) is 0 Å². The summed E-state index contributed by atoms with van der Waals surface area (Å²) in [5, 5.41) is 8.27. The molecule has 1 aromatic rings. The van der Waals surface area contributed by atoms with Gasteiger partial charge in [-0.3, -0.25) is 9.58 Å². The van der Waals surface area contributed by atoms with Gasteiger partial charge in [0.2, 0.25) is 0 Å². The second kappa shape index (κ2) is 6.49. The fourth-order valence-electron chi connectivity index (χ4n) is 4.14. The van der Waals surface area contributed by atoms with E-state index in [4.69, 9.17) is 0 Å². The number of hydrogen-bond acceptors (Lipinski definition) is 3. The molecule has 0 aromatic carbocycles. The highest BCUT2D eigenvalue weighted by molar-refractivity contribution is 5.00. The van der Waals surface area contributed by atoms with Gasteiger partial charge in [-0.15, -0.1) is 0 Å². The summed E-state index contributed by atoms with van der Waals surface area (Å²) >= 11 is 0. The lowest BCUT2D eigenvalue weighted by atomic mass is 9.78. The van der Waals surface area contributed by atoms with Crippen LogP contribution in [0.4, 0.5) is 0 Å². The first kappa shape index (κ1) is 15.0. The van der Waals surface area contributed by atoms with Crippen LogP contribution >= 0.6 is 0 Å². The van der Waals surface area contributed by atoms with Gasteiger partial charge in [0, 0.05) is 43.6 Å². The summed E-state index contributed by atoms with van der Waals surface area (Å²) in [6.45, 7) is 9.20. The SMILES string of the molecule is CC(C)C1CNC2(CCCCC2)CN1CCn1cccn1. The molecule has 1 N–H and O–H groups in total. The van der Waals surface area contributed by atoms with Gasteiger partial charge in [-0.05, 0) is 24.8 Å². The minimum atomic E-state index is 0.397. The smallest absolute Gasteiger partial charge is 0.0536 e. The standard InChI is InChI=1S/C17H30N4/c1-15(2)16-13-18-17(7-4-3-5-8-17)14-20(16)11-12-21-10-6-9-19-21/h6,9-10,15-16,18H,3-5,7-8,11-14H2,1-2H3. The van der Waals surface area contributed by atoms with Crippen molar-refractivity contribution in [2.45, 2.75) is 64.1 Å². The van der Waals surface area contributed by atoms with Crippen molar-refractivity contribution < 1.29 is 0 Å². The molecule has 1 saturated carbocycles. The number of nitrogens with one attached hydrogen (secondary N) is 1. The van der Waals surface area contributed by atoms with Crippen molar-refractivity contribution in [2.75, 3.05) is 19.6 Å². The largest absolute Gasteiger partial charge is 0.308 e. The van der Waals surface area contributed by atoms with Crippen molar-refractivity contribution in [2.24, 2.45) is 5.92 Å². The average molecular weight is 290 g/mol. The van der Waals surface area contributed by atoms with Gasteiger partial charge in [0.25, 0.3) is 0 Å². The van der Waals surface area contributed by atoms with Crippen molar-refractivity contribution in [3.8, 4) is 0 Å². The molecular weight excluding hydrogens is 260 g/mol. The van der Waals surface area contributed by atoms with E-state index >= 15 is 0 Å². The normalized spacial score (nSPS) is 26.5. The third-order valence-electron chi connectivity index (χ3n) is 5.42. The zero-order valence-electron chi connectivity index (χ0n) is 13.6. The molecule has 1 spiro atoms. The van der Waals surface area contributed by atoms with Crippen LogP contribution in [-0.2, 0) is 6.54 Å². The van der Waals surface area contributed by atoms with Gasteiger partial charge in [-0.1, -0.05) is 33.1 Å². The van der Waals surface area contributed by atoms with E-state index in [0.29, 0.717) is 17.5 Å².